The zero-order chi connectivity index (χ0) is 14.3. The standard InChI is InChI=1S/C15H26N4/c1-6-8-16-10-13-11-18-14(12-17-13)19(9-7-2)15(3,4)5/h7,11-12,16H,2,6,8-10H2,1,3-5H3. The molecule has 106 valence electrons. The fourth-order valence-electron chi connectivity index (χ4n) is 1.81. The maximum atomic E-state index is 4.52. The summed E-state index contributed by atoms with van der Waals surface area (Å²) in [4.78, 5) is 11.2. The lowest BCUT2D eigenvalue weighted by molar-refractivity contribution is 0.516. The molecule has 0 saturated carbocycles. The number of nitrogens with one attached hydrogen (secondary N) is 1. The summed E-state index contributed by atoms with van der Waals surface area (Å²) in [5.41, 5.74) is 0.981. The Morgan fingerprint density at radius 2 is 2.05 bits per heavy atom. The minimum absolute atomic E-state index is 0.00481. The number of rotatable bonds is 7. The Morgan fingerprint density at radius 1 is 1.32 bits per heavy atom. The predicted octanol–water partition coefficient (Wildman–Crippen LogP) is 2.77. The molecular formula is C15H26N4. The van der Waals surface area contributed by atoms with E-state index in [1.54, 1.807) is 0 Å². The van der Waals surface area contributed by atoms with E-state index in [9.17, 15) is 0 Å². The van der Waals surface area contributed by atoms with E-state index in [1.165, 1.54) is 0 Å². The Morgan fingerprint density at radius 3 is 2.53 bits per heavy atom. The van der Waals surface area contributed by atoms with Crippen LogP contribution >= 0.6 is 0 Å². The monoisotopic (exact) mass is 262 g/mol. The van der Waals surface area contributed by atoms with Gasteiger partial charge in [-0.15, -0.1) is 6.58 Å². The molecule has 0 aromatic carbocycles. The van der Waals surface area contributed by atoms with Gasteiger partial charge in [-0.1, -0.05) is 13.0 Å². The fraction of sp³-hybridized carbons (Fsp3) is 0.600. The van der Waals surface area contributed by atoms with E-state index in [0.717, 1.165) is 37.6 Å². The smallest absolute Gasteiger partial charge is 0.147 e. The van der Waals surface area contributed by atoms with Crippen LogP contribution in [0.1, 0.15) is 39.8 Å². The van der Waals surface area contributed by atoms with Crippen LogP contribution in [0.2, 0.25) is 0 Å². The first kappa shape index (κ1) is 15.6. The molecule has 0 fully saturated rings. The molecule has 0 radical (unpaired) electrons. The second-order valence-electron chi connectivity index (χ2n) is 5.61. The summed E-state index contributed by atoms with van der Waals surface area (Å²) < 4.78 is 0. The quantitative estimate of drug-likeness (QED) is 0.606. The van der Waals surface area contributed by atoms with E-state index in [4.69, 9.17) is 0 Å². The molecule has 0 bridgehead atoms. The van der Waals surface area contributed by atoms with Crippen LogP contribution in [0.3, 0.4) is 0 Å². The van der Waals surface area contributed by atoms with E-state index in [0.29, 0.717) is 0 Å². The molecule has 0 aliphatic heterocycles. The van der Waals surface area contributed by atoms with Crippen molar-refractivity contribution in [2.75, 3.05) is 18.0 Å². The molecule has 1 aromatic rings. The Kier molecular flexibility index (Phi) is 5.96. The molecule has 1 aromatic heterocycles. The largest absolute Gasteiger partial charge is 0.347 e. The van der Waals surface area contributed by atoms with Gasteiger partial charge in [0.15, 0.2) is 0 Å². The van der Waals surface area contributed by atoms with E-state index < -0.39 is 0 Å². The molecule has 4 nitrogen and oxygen atoms in total. The Hall–Kier alpha value is -1.42. The van der Waals surface area contributed by atoms with Crippen LogP contribution < -0.4 is 10.2 Å². The summed E-state index contributed by atoms with van der Waals surface area (Å²) in [6, 6.07) is 0. The minimum Gasteiger partial charge on any atom is -0.347 e. The average Bonchev–Trinajstić information content (AvgIpc) is 2.36. The average molecular weight is 262 g/mol. The highest BCUT2D eigenvalue weighted by atomic mass is 15.2. The molecule has 4 heteroatoms. The second-order valence-corrected chi connectivity index (χ2v) is 5.61. The summed E-state index contributed by atoms with van der Waals surface area (Å²) in [6.07, 6.45) is 6.71. The molecule has 0 saturated heterocycles. The van der Waals surface area contributed by atoms with Crippen LogP contribution in [0.25, 0.3) is 0 Å². The van der Waals surface area contributed by atoms with Crippen molar-refractivity contribution in [2.24, 2.45) is 0 Å². The van der Waals surface area contributed by atoms with Gasteiger partial charge in [0.25, 0.3) is 0 Å². The van der Waals surface area contributed by atoms with Crippen LogP contribution in [0.4, 0.5) is 5.82 Å². The molecule has 0 aliphatic carbocycles. The Bertz CT molecular complexity index is 378. The summed E-state index contributed by atoms with van der Waals surface area (Å²) in [5, 5.41) is 3.32. The zero-order valence-electron chi connectivity index (χ0n) is 12.6. The summed E-state index contributed by atoms with van der Waals surface area (Å²) in [7, 11) is 0. The minimum atomic E-state index is 0.00481. The maximum Gasteiger partial charge on any atom is 0.147 e. The Labute approximate surface area is 117 Å². The van der Waals surface area contributed by atoms with Gasteiger partial charge in [0.05, 0.1) is 18.1 Å². The lowest BCUT2D eigenvalue weighted by Gasteiger charge is -2.35. The third-order valence-electron chi connectivity index (χ3n) is 2.82. The van der Waals surface area contributed by atoms with E-state index >= 15 is 0 Å². The number of nitrogens with zero attached hydrogens (tertiary/aromatic N) is 3. The molecular weight excluding hydrogens is 236 g/mol. The first-order chi connectivity index (χ1) is 8.99. The maximum absolute atomic E-state index is 4.52. The third kappa shape index (κ3) is 4.99. The Balaban J connectivity index is 2.75. The molecule has 1 N–H and O–H groups in total. The van der Waals surface area contributed by atoms with Crippen LogP contribution in [0.15, 0.2) is 25.0 Å². The van der Waals surface area contributed by atoms with Gasteiger partial charge < -0.3 is 10.2 Å². The molecule has 0 amide bonds. The van der Waals surface area contributed by atoms with Crippen molar-refractivity contribution in [3.05, 3.63) is 30.7 Å². The molecule has 0 unspecified atom stereocenters. The highest BCUT2D eigenvalue weighted by molar-refractivity contribution is 5.40. The molecule has 1 heterocycles. The van der Waals surface area contributed by atoms with Crippen LogP contribution in [0.5, 0.6) is 0 Å². The van der Waals surface area contributed by atoms with Crippen LogP contribution in [-0.2, 0) is 6.54 Å². The lowest BCUT2D eigenvalue weighted by Crippen LogP contribution is -2.42. The molecule has 1 rings (SSSR count). The van der Waals surface area contributed by atoms with Gasteiger partial charge in [0.1, 0.15) is 5.82 Å². The van der Waals surface area contributed by atoms with Crippen molar-refractivity contribution in [2.45, 2.75) is 46.2 Å². The van der Waals surface area contributed by atoms with Crippen LogP contribution in [-0.4, -0.2) is 28.6 Å². The van der Waals surface area contributed by atoms with Crippen molar-refractivity contribution >= 4 is 5.82 Å². The van der Waals surface area contributed by atoms with Gasteiger partial charge in [0, 0.05) is 18.6 Å². The van der Waals surface area contributed by atoms with Gasteiger partial charge in [-0.25, -0.2) is 4.98 Å². The number of aromatic nitrogens is 2. The van der Waals surface area contributed by atoms with Gasteiger partial charge in [-0.3, -0.25) is 4.98 Å². The first-order valence-electron chi connectivity index (χ1n) is 6.89. The molecule has 19 heavy (non-hydrogen) atoms. The predicted molar refractivity (Wildman–Crippen MR) is 81.3 cm³/mol. The third-order valence-corrected chi connectivity index (χ3v) is 2.82. The van der Waals surface area contributed by atoms with Crippen molar-refractivity contribution in [3.8, 4) is 0 Å². The number of hydrogen-bond donors (Lipinski definition) is 1. The van der Waals surface area contributed by atoms with Gasteiger partial charge in [0.2, 0.25) is 0 Å². The van der Waals surface area contributed by atoms with Crippen molar-refractivity contribution in [1.29, 1.82) is 0 Å². The van der Waals surface area contributed by atoms with Crippen molar-refractivity contribution in [1.82, 2.24) is 15.3 Å². The van der Waals surface area contributed by atoms with Crippen molar-refractivity contribution < 1.29 is 0 Å². The molecule has 0 spiro atoms. The van der Waals surface area contributed by atoms with Gasteiger partial charge in [-0.2, -0.15) is 0 Å². The number of anilines is 1. The SMILES string of the molecule is C=CCN(c1cnc(CNCCC)cn1)C(C)(C)C. The van der Waals surface area contributed by atoms with Gasteiger partial charge in [-0.05, 0) is 33.7 Å². The normalized spacial score (nSPS) is 11.4. The first-order valence-corrected chi connectivity index (χ1v) is 6.89. The highest BCUT2D eigenvalue weighted by Crippen LogP contribution is 2.20. The second kappa shape index (κ2) is 7.24. The molecule has 0 aliphatic rings. The lowest BCUT2D eigenvalue weighted by atomic mass is 10.1. The van der Waals surface area contributed by atoms with E-state index in [2.05, 4.69) is 54.5 Å². The summed E-state index contributed by atoms with van der Waals surface area (Å²) >= 11 is 0. The van der Waals surface area contributed by atoms with Crippen molar-refractivity contribution in [3.63, 3.8) is 0 Å². The fourth-order valence-corrected chi connectivity index (χ4v) is 1.81. The topological polar surface area (TPSA) is 41.1 Å². The summed E-state index contributed by atoms with van der Waals surface area (Å²) in [6.45, 7) is 15.0. The summed E-state index contributed by atoms with van der Waals surface area (Å²) in [5.74, 6) is 0.895. The highest BCUT2D eigenvalue weighted by Gasteiger charge is 2.21. The van der Waals surface area contributed by atoms with E-state index in [-0.39, 0.29) is 5.54 Å². The van der Waals surface area contributed by atoms with Gasteiger partial charge >= 0.3 is 0 Å². The van der Waals surface area contributed by atoms with E-state index in [1.807, 2.05) is 18.5 Å². The zero-order valence-corrected chi connectivity index (χ0v) is 12.6. The number of hydrogen-bond acceptors (Lipinski definition) is 4. The van der Waals surface area contributed by atoms with Crippen LogP contribution in [0, 0.1) is 0 Å². The molecule has 0 atom stereocenters.